The van der Waals surface area contributed by atoms with E-state index in [2.05, 4.69) is 58.3 Å². The Labute approximate surface area is 157 Å². The molecule has 0 amide bonds. The van der Waals surface area contributed by atoms with Crippen LogP contribution >= 0.6 is 24.0 Å². The molecule has 1 aromatic rings. The van der Waals surface area contributed by atoms with Crippen molar-refractivity contribution in [3.8, 4) is 0 Å². The van der Waals surface area contributed by atoms with Crippen molar-refractivity contribution in [1.82, 2.24) is 10.2 Å². The first-order valence-corrected chi connectivity index (χ1v) is 8.24. The number of aliphatic imine (C=N–C) groups is 1. The van der Waals surface area contributed by atoms with Gasteiger partial charge in [-0.3, -0.25) is 9.89 Å². The number of nitrogens with one attached hydrogen (secondary N) is 1. The molecule has 1 saturated heterocycles. The van der Waals surface area contributed by atoms with Gasteiger partial charge >= 0.3 is 0 Å². The third-order valence-electron chi connectivity index (χ3n) is 4.33. The molecule has 1 aliphatic rings. The van der Waals surface area contributed by atoms with Gasteiger partial charge in [0.1, 0.15) is 0 Å². The van der Waals surface area contributed by atoms with E-state index in [0.29, 0.717) is 12.0 Å². The number of guanidine groups is 1. The van der Waals surface area contributed by atoms with E-state index in [4.69, 9.17) is 5.73 Å². The fourth-order valence-electron chi connectivity index (χ4n) is 2.94. The van der Waals surface area contributed by atoms with Crippen LogP contribution in [-0.2, 0) is 0 Å². The normalized spacial score (nSPS) is 18.5. The summed E-state index contributed by atoms with van der Waals surface area (Å²) in [5, 5.41) is 3.21. The molecule has 5 nitrogen and oxygen atoms in total. The average molecular weight is 431 g/mol. The lowest BCUT2D eigenvalue weighted by molar-refractivity contribution is 0.273. The van der Waals surface area contributed by atoms with E-state index >= 15 is 0 Å². The maximum absolute atomic E-state index is 5.97. The van der Waals surface area contributed by atoms with Crippen molar-refractivity contribution >= 4 is 35.6 Å². The second-order valence-electron chi connectivity index (χ2n) is 5.83. The van der Waals surface area contributed by atoms with Crippen molar-refractivity contribution in [2.24, 2.45) is 10.7 Å². The van der Waals surface area contributed by atoms with Crippen LogP contribution in [0.1, 0.15) is 19.8 Å². The number of hydrogen-bond acceptors (Lipinski definition) is 3. The van der Waals surface area contributed by atoms with Crippen LogP contribution in [0.25, 0.3) is 0 Å². The van der Waals surface area contributed by atoms with E-state index < -0.39 is 0 Å². The third-order valence-corrected chi connectivity index (χ3v) is 4.33. The molecule has 1 aliphatic heterocycles. The molecule has 1 fully saturated rings. The number of likely N-dealkylation sites (N-methyl/N-ethyl adjacent to an activating group) is 2. The van der Waals surface area contributed by atoms with Gasteiger partial charge < -0.3 is 16.0 Å². The largest absolute Gasteiger partial charge is 0.373 e. The van der Waals surface area contributed by atoms with Crippen LogP contribution in [0.5, 0.6) is 0 Å². The molecule has 0 aliphatic carbocycles. The summed E-state index contributed by atoms with van der Waals surface area (Å²) in [6, 6.07) is 10.9. The summed E-state index contributed by atoms with van der Waals surface area (Å²) in [5.41, 5.74) is 7.18. The molecule has 3 N–H and O–H groups in total. The second kappa shape index (κ2) is 10.7. The molecule has 0 saturated carbocycles. The minimum atomic E-state index is 0. The number of anilines is 1. The predicted octanol–water partition coefficient (Wildman–Crippen LogP) is 2.13. The van der Waals surface area contributed by atoms with Crippen molar-refractivity contribution in [1.29, 1.82) is 0 Å². The van der Waals surface area contributed by atoms with Crippen LogP contribution in [-0.4, -0.2) is 56.7 Å². The Morgan fingerprint density at radius 1 is 1.39 bits per heavy atom. The molecule has 1 unspecified atom stereocenters. The van der Waals surface area contributed by atoms with Gasteiger partial charge in [-0.1, -0.05) is 25.1 Å². The predicted molar refractivity (Wildman–Crippen MR) is 110 cm³/mol. The highest BCUT2D eigenvalue weighted by atomic mass is 127. The number of para-hydroxylation sites is 1. The Morgan fingerprint density at radius 3 is 2.83 bits per heavy atom. The summed E-state index contributed by atoms with van der Waals surface area (Å²) in [6.45, 7) is 7.01. The van der Waals surface area contributed by atoms with Crippen LogP contribution in [0.2, 0.25) is 0 Å². The van der Waals surface area contributed by atoms with Crippen molar-refractivity contribution in [2.45, 2.75) is 25.8 Å². The summed E-state index contributed by atoms with van der Waals surface area (Å²) >= 11 is 0. The summed E-state index contributed by atoms with van der Waals surface area (Å²) in [4.78, 5) is 9.19. The number of halogens is 1. The minimum Gasteiger partial charge on any atom is -0.373 e. The van der Waals surface area contributed by atoms with Crippen molar-refractivity contribution in [2.75, 3.05) is 44.7 Å². The summed E-state index contributed by atoms with van der Waals surface area (Å²) in [6.07, 6.45) is 2.52. The van der Waals surface area contributed by atoms with Gasteiger partial charge in [-0.15, -0.1) is 24.0 Å². The SMILES string of the molecule is CCN1CCCC1CN=C(N)NCCN(C)c1ccccc1.I. The van der Waals surface area contributed by atoms with Crippen LogP contribution in [0.3, 0.4) is 0 Å². The monoisotopic (exact) mass is 431 g/mol. The van der Waals surface area contributed by atoms with E-state index in [0.717, 1.165) is 26.2 Å². The lowest BCUT2D eigenvalue weighted by atomic mass is 10.2. The lowest BCUT2D eigenvalue weighted by Gasteiger charge is -2.21. The Hall–Kier alpha value is -1.02. The number of likely N-dealkylation sites (tertiary alicyclic amines) is 1. The Bertz CT molecular complexity index is 465. The zero-order chi connectivity index (χ0) is 15.8. The van der Waals surface area contributed by atoms with Crippen LogP contribution in [0, 0.1) is 0 Å². The first-order valence-electron chi connectivity index (χ1n) is 8.24. The van der Waals surface area contributed by atoms with Crippen LogP contribution in [0.15, 0.2) is 35.3 Å². The summed E-state index contributed by atoms with van der Waals surface area (Å²) < 4.78 is 0. The molecular weight excluding hydrogens is 401 g/mol. The molecule has 23 heavy (non-hydrogen) atoms. The number of hydrogen-bond donors (Lipinski definition) is 2. The van der Waals surface area contributed by atoms with Gasteiger partial charge in [-0.05, 0) is 38.1 Å². The summed E-state index contributed by atoms with van der Waals surface area (Å²) in [5.74, 6) is 0.560. The Balaban J connectivity index is 0.00000264. The molecule has 6 heteroatoms. The van der Waals surface area contributed by atoms with Crippen molar-refractivity contribution in [3.05, 3.63) is 30.3 Å². The molecule has 1 atom stereocenters. The highest BCUT2D eigenvalue weighted by Gasteiger charge is 2.22. The summed E-state index contributed by atoms with van der Waals surface area (Å²) in [7, 11) is 2.09. The van der Waals surface area contributed by atoms with Crippen LogP contribution in [0.4, 0.5) is 5.69 Å². The average Bonchev–Trinajstić information content (AvgIpc) is 3.01. The second-order valence-corrected chi connectivity index (χ2v) is 5.83. The zero-order valence-corrected chi connectivity index (χ0v) is 16.6. The lowest BCUT2D eigenvalue weighted by Crippen LogP contribution is -2.39. The smallest absolute Gasteiger partial charge is 0.188 e. The molecule has 0 aromatic heterocycles. The van der Waals surface area contributed by atoms with Gasteiger partial charge in [-0.25, -0.2) is 0 Å². The maximum atomic E-state index is 5.97. The van der Waals surface area contributed by atoms with E-state index in [1.54, 1.807) is 0 Å². The van der Waals surface area contributed by atoms with E-state index in [9.17, 15) is 0 Å². The Kier molecular flexibility index (Phi) is 9.31. The van der Waals surface area contributed by atoms with Gasteiger partial charge in [-0.2, -0.15) is 0 Å². The molecule has 1 heterocycles. The van der Waals surface area contributed by atoms with Crippen molar-refractivity contribution in [3.63, 3.8) is 0 Å². The van der Waals surface area contributed by atoms with Gasteiger partial charge in [0.05, 0.1) is 6.54 Å². The maximum Gasteiger partial charge on any atom is 0.188 e. The van der Waals surface area contributed by atoms with E-state index in [-0.39, 0.29) is 24.0 Å². The molecule has 0 spiro atoms. The fraction of sp³-hybridized carbons (Fsp3) is 0.588. The number of nitrogens with two attached hydrogens (primary N) is 1. The van der Waals surface area contributed by atoms with Gasteiger partial charge in [0.25, 0.3) is 0 Å². The van der Waals surface area contributed by atoms with Crippen molar-refractivity contribution < 1.29 is 0 Å². The molecule has 1 aromatic carbocycles. The number of rotatable bonds is 7. The highest BCUT2D eigenvalue weighted by molar-refractivity contribution is 14.0. The topological polar surface area (TPSA) is 56.9 Å². The van der Waals surface area contributed by atoms with E-state index in [1.807, 2.05) is 6.07 Å². The molecule has 130 valence electrons. The van der Waals surface area contributed by atoms with Crippen LogP contribution < -0.4 is 16.0 Å². The minimum absolute atomic E-state index is 0. The van der Waals surface area contributed by atoms with Gasteiger partial charge in [0.2, 0.25) is 0 Å². The molecular formula is C17H30IN5. The first kappa shape index (κ1) is 20.0. The van der Waals surface area contributed by atoms with E-state index in [1.165, 1.54) is 25.1 Å². The fourth-order valence-corrected chi connectivity index (χ4v) is 2.94. The zero-order valence-electron chi connectivity index (χ0n) is 14.2. The van der Waals surface area contributed by atoms with Gasteiger partial charge in [0, 0.05) is 31.9 Å². The molecule has 2 rings (SSSR count). The quantitative estimate of drug-likeness (QED) is 0.395. The van der Waals surface area contributed by atoms with Gasteiger partial charge in [0.15, 0.2) is 5.96 Å². The number of benzene rings is 1. The molecule has 0 radical (unpaired) electrons. The third kappa shape index (κ3) is 6.55. The molecule has 0 bridgehead atoms. The first-order chi connectivity index (χ1) is 10.7. The standard InChI is InChI=1S/C17H29N5.HI/c1-3-22-12-7-10-16(22)14-20-17(18)19-11-13-21(2)15-8-5-4-6-9-15;/h4-6,8-9,16H,3,7,10-14H2,1-2H3,(H3,18,19,20);1H. The Morgan fingerprint density at radius 2 is 2.13 bits per heavy atom. The number of nitrogens with zero attached hydrogens (tertiary/aromatic N) is 3. The highest BCUT2D eigenvalue weighted by Crippen LogP contribution is 2.16.